The van der Waals surface area contributed by atoms with Crippen molar-refractivity contribution in [1.82, 2.24) is 14.5 Å². The molecule has 3 heterocycles. The maximum atomic E-state index is 13.3. The first-order valence-electron chi connectivity index (χ1n) is 9.76. The Kier molecular flexibility index (Phi) is 4.26. The lowest BCUT2D eigenvalue weighted by atomic mass is 9.33. The van der Waals surface area contributed by atoms with Crippen molar-refractivity contribution < 1.29 is 22.7 Å². The highest BCUT2D eigenvalue weighted by atomic mass is 32.1. The van der Waals surface area contributed by atoms with Gasteiger partial charge in [-0.15, -0.1) is 0 Å². The Balaban J connectivity index is 1.51. The summed E-state index contributed by atoms with van der Waals surface area (Å²) in [6, 6.07) is 0. The predicted octanol–water partition coefficient (Wildman–Crippen LogP) is 3.16. The number of hydrogen-bond donors (Lipinski definition) is 1. The Morgan fingerprint density at radius 1 is 1.32 bits per heavy atom. The van der Waals surface area contributed by atoms with Gasteiger partial charge in [-0.2, -0.15) is 13.2 Å². The predicted molar refractivity (Wildman–Crippen MR) is 107 cm³/mol. The third kappa shape index (κ3) is 2.89. The molecule has 7 nitrogen and oxygen atoms in total. The molecule has 2 N–H and O–H groups in total. The van der Waals surface area contributed by atoms with E-state index in [1.54, 1.807) is 19.3 Å². The second-order valence-corrected chi connectivity index (χ2v) is 9.67. The van der Waals surface area contributed by atoms with E-state index in [9.17, 15) is 22.8 Å². The minimum absolute atomic E-state index is 0.0332. The molecule has 11 heteroatoms. The Labute approximate surface area is 178 Å². The molecule has 164 valence electrons. The fourth-order valence-corrected chi connectivity index (χ4v) is 5.89. The summed E-state index contributed by atoms with van der Waals surface area (Å²) in [5.74, 6) is 0.259. The van der Waals surface area contributed by atoms with Gasteiger partial charge >= 0.3 is 11.0 Å². The van der Waals surface area contributed by atoms with Crippen LogP contribution in [0.15, 0.2) is 17.1 Å². The monoisotopic (exact) mass is 452 g/mol. The van der Waals surface area contributed by atoms with Gasteiger partial charge in [-0.05, 0) is 37.3 Å². The lowest BCUT2D eigenvalue weighted by molar-refractivity contribution is -0.337. The number of rotatable bonds is 4. The molecule has 1 unspecified atom stereocenters. The highest BCUT2D eigenvalue weighted by Gasteiger charge is 2.79. The maximum Gasteiger partial charge on any atom is 0.394 e. The lowest BCUT2D eigenvalue weighted by Crippen LogP contribution is -2.70. The van der Waals surface area contributed by atoms with E-state index in [1.165, 1.54) is 4.57 Å². The zero-order chi connectivity index (χ0) is 22.2. The molecule has 2 bridgehead atoms. The molecule has 2 aromatic heterocycles. The Morgan fingerprint density at radius 2 is 2.03 bits per heavy atom. The second-order valence-electron chi connectivity index (χ2n) is 8.64. The van der Waals surface area contributed by atoms with E-state index in [1.807, 2.05) is 0 Å². The van der Waals surface area contributed by atoms with Gasteiger partial charge in [0, 0.05) is 18.7 Å². The van der Waals surface area contributed by atoms with Gasteiger partial charge < -0.3 is 15.0 Å². The molecule has 6 rings (SSSR count). The SMILES string of the molecule is Cn1cc(C2C=C(c3nc(N)c(C=O)c(C45CC(C(F)(F)F)(C4)C5)n3)CCO2)sc1=O. The zero-order valence-electron chi connectivity index (χ0n) is 16.5. The summed E-state index contributed by atoms with van der Waals surface area (Å²) in [5, 5.41) is 0. The van der Waals surface area contributed by atoms with E-state index in [0.717, 1.165) is 21.8 Å². The molecule has 4 aliphatic rings. The van der Waals surface area contributed by atoms with Crippen LogP contribution in [0.3, 0.4) is 0 Å². The molecule has 3 saturated carbocycles. The molecular formula is C20H19F3N4O3S. The van der Waals surface area contributed by atoms with Crippen LogP contribution in [0.25, 0.3) is 5.57 Å². The molecule has 0 amide bonds. The summed E-state index contributed by atoms with van der Waals surface area (Å²) in [4.78, 5) is 32.9. The smallest absolute Gasteiger partial charge is 0.383 e. The van der Waals surface area contributed by atoms with Crippen molar-refractivity contribution in [2.75, 3.05) is 12.3 Å². The normalized spacial score (nSPS) is 29.7. The number of nitrogens with two attached hydrogens (primary N) is 1. The van der Waals surface area contributed by atoms with E-state index >= 15 is 0 Å². The second kappa shape index (κ2) is 6.49. The van der Waals surface area contributed by atoms with E-state index in [2.05, 4.69) is 9.97 Å². The van der Waals surface area contributed by atoms with Crippen molar-refractivity contribution in [3.05, 3.63) is 43.9 Å². The van der Waals surface area contributed by atoms with Crippen molar-refractivity contribution in [2.24, 2.45) is 12.5 Å². The number of hydrogen-bond acceptors (Lipinski definition) is 7. The maximum absolute atomic E-state index is 13.3. The fraction of sp³-hybridized carbons (Fsp3) is 0.500. The quantitative estimate of drug-likeness (QED) is 0.716. The average Bonchev–Trinajstić information content (AvgIpc) is 2.97. The molecule has 3 aliphatic carbocycles. The summed E-state index contributed by atoms with van der Waals surface area (Å²) in [6.45, 7) is 0.364. The first-order valence-corrected chi connectivity index (χ1v) is 10.6. The average molecular weight is 452 g/mol. The highest BCUT2D eigenvalue weighted by molar-refractivity contribution is 7.09. The van der Waals surface area contributed by atoms with Crippen LogP contribution in [-0.2, 0) is 17.2 Å². The van der Waals surface area contributed by atoms with Crippen LogP contribution in [0.4, 0.5) is 19.0 Å². The van der Waals surface area contributed by atoms with Crippen LogP contribution in [0.2, 0.25) is 0 Å². The van der Waals surface area contributed by atoms with Crippen molar-refractivity contribution in [1.29, 1.82) is 0 Å². The summed E-state index contributed by atoms with van der Waals surface area (Å²) >= 11 is 1.08. The number of carbonyl (C=O) groups excluding carboxylic acids is 1. The van der Waals surface area contributed by atoms with Gasteiger partial charge in [0.1, 0.15) is 11.9 Å². The number of thiazole rings is 1. The van der Waals surface area contributed by atoms with Crippen LogP contribution in [0.1, 0.15) is 58.5 Å². The minimum Gasteiger partial charge on any atom is -0.383 e. The van der Waals surface area contributed by atoms with Gasteiger partial charge in [0.05, 0.1) is 28.2 Å². The molecule has 31 heavy (non-hydrogen) atoms. The number of nitrogen functional groups attached to an aromatic ring is 1. The molecule has 0 saturated heterocycles. The van der Waals surface area contributed by atoms with Gasteiger partial charge in [-0.1, -0.05) is 11.3 Å². The lowest BCUT2D eigenvalue weighted by Gasteiger charge is -2.70. The van der Waals surface area contributed by atoms with Crippen molar-refractivity contribution >= 4 is 29.0 Å². The van der Waals surface area contributed by atoms with Crippen LogP contribution in [-0.4, -0.2) is 33.6 Å². The van der Waals surface area contributed by atoms with Crippen LogP contribution >= 0.6 is 11.3 Å². The van der Waals surface area contributed by atoms with Gasteiger partial charge in [0.25, 0.3) is 0 Å². The molecule has 0 spiro atoms. The third-order valence-electron chi connectivity index (χ3n) is 6.63. The van der Waals surface area contributed by atoms with Gasteiger partial charge in [-0.25, -0.2) is 9.97 Å². The molecule has 1 atom stereocenters. The first-order chi connectivity index (χ1) is 14.6. The summed E-state index contributed by atoms with van der Waals surface area (Å²) in [5.41, 5.74) is 4.68. The standard InChI is InChI=1S/C20H19F3N4O3S/c1-27-5-13(31-17(27)29)12-4-10(2-3-30-12)16-25-14(11(6-28)15(24)26-16)18-7-19(8-18,9-18)20(21,22)23/h4-6,12H,2-3,7-9H2,1H3,(H2,24,25,26). The summed E-state index contributed by atoms with van der Waals surface area (Å²) in [6.07, 6.45) is -0.446. The Hall–Kier alpha value is -2.53. The summed E-state index contributed by atoms with van der Waals surface area (Å²) in [7, 11) is 1.65. The van der Waals surface area contributed by atoms with Crippen LogP contribution in [0.5, 0.6) is 0 Å². The largest absolute Gasteiger partial charge is 0.394 e. The number of carbonyl (C=O) groups is 1. The topological polar surface area (TPSA) is 100 Å². The number of halogens is 3. The fourth-order valence-electron chi connectivity index (χ4n) is 5.03. The molecule has 0 aromatic carbocycles. The number of nitrogens with zero attached hydrogens (tertiary/aromatic N) is 3. The number of ether oxygens (including phenoxy) is 1. The highest BCUT2D eigenvalue weighted by Crippen LogP contribution is 2.78. The molecule has 2 aromatic rings. The number of aryl methyl sites for hydroxylation is 1. The van der Waals surface area contributed by atoms with E-state index in [0.29, 0.717) is 30.8 Å². The van der Waals surface area contributed by atoms with Crippen molar-refractivity contribution in [3.63, 3.8) is 0 Å². The van der Waals surface area contributed by atoms with E-state index < -0.39 is 23.1 Å². The molecule has 3 fully saturated rings. The van der Waals surface area contributed by atoms with E-state index in [4.69, 9.17) is 10.5 Å². The summed E-state index contributed by atoms with van der Waals surface area (Å²) < 4.78 is 47.1. The molecule has 1 aliphatic heterocycles. The number of anilines is 1. The van der Waals surface area contributed by atoms with Crippen LogP contribution < -0.4 is 10.6 Å². The van der Waals surface area contributed by atoms with Crippen LogP contribution in [0, 0.1) is 5.41 Å². The Morgan fingerprint density at radius 3 is 2.61 bits per heavy atom. The van der Waals surface area contributed by atoms with Gasteiger partial charge in [-0.3, -0.25) is 9.59 Å². The van der Waals surface area contributed by atoms with E-state index in [-0.39, 0.29) is 35.5 Å². The first kappa shape index (κ1) is 20.4. The number of aldehydes is 1. The number of alkyl halides is 3. The molecule has 0 radical (unpaired) electrons. The van der Waals surface area contributed by atoms with Crippen molar-refractivity contribution in [2.45, 2.75) is 43.4 Å². The van der Waals surface area contributed by atoms with Gasteiger partial charge in [0.15, 0.2) is 12.1 Å². The third-order valence-corrected chi connectivity index (χ3v) is 7.67. The zero-order valence-corrected chi connectivity index (χ0v) is 17.3. The minimum atomic E-state index is -4.26. The molecular weight excluding hydrogens is 433 g/mol. The Bertz CT molecular complexity index is 1160. The van der Waals surface area contributed by atoms with Crippen molar-refractivity contribution in [3.8, 4) is 0 Å². The van der Waals surface area contributed by atoms with Gasteiger partial charge in [0.2, 0.25) is 0 Å². The number of aromatic nitrogens is 3.